The average Bonchev–Trinajstić information content (AvgIpc) is 2.88. The molecule has 0 aliphatic rings. The summed E-state index contributed by atoms with van der Waals surface area (Å²) in [6, 6.07) is 12.0. The lowest BCUT2D eigenvalue weighted by Gasteiger charge is -2.08. The molecule has 3 rings (SSSR count). The summed E-state index contributed by atoms with van der Waals surface area (Å²) in [5.74, 6) is 0. The van der Waals surface area contributed by atoms with Crippen LogP contribution in [0.2, 0.25) is 10.0 Å². The molecule has 1 aromatic heterocycles. The lowest BCUT2D eigenvalue weighted by Crippen LogP contribution is -1.99. The number of fused-ring (bicyclic) bond motifs is 1. The van der Waals surface area contributed by atoms with Gasteiger partial charge in [-0.1, -0.05) is 51.3 Å². The zero-order valence-corrected chi connectivity index (χ0v) is 15.6. The van der Waals surface area contributed by atoms with Gasteiger partial charge in [0.05, 0.1) is 15.7 Å². The van der Waals surface area contributed by atoms with E-state index in [1.165, 1.54) is 10.9 Å². The Hall–Kier alpha value is -1.00. The molecule has 2 nitrogen and oxygen atoms in total. The Bertz CT molecular complexity index is 842. The maximum Gasteiger partial charge on any atom is 0.0685 e. The molecule has 0 aliphatic heterocycles. The van der Waals surface area contributed by atoms with E-state index in [0.29, 0.717) is 16.6 Å². The van der Waals surface area contributed by atoms with E-state index in [1.807, 2.05) is 18.2 Å². The van der Waals surface area contributed by atoms with E-state index in [1.54, 1.807) is 6.07 Å². The normalized spacial score (nSPS) is 11.3. The summed E-state index contributed by atoms with van der Waals surface area (Å²) in [6.07, 6.45) is 3.00. The molecular formula is C18H17BrCl2N2. The van der Waals surface area contributed by atoms with E-state index in [9.17, 15) is 0 Å². The zero-order valence-electron chi connectivity index (χ0n) is 12.5. The lowest BCUT2D eigenvalue weighted by atomic mass is 10.0. The number of aromatic amines is 1. The van der Waals surface area contributed by atoms with Crippen LogP contribution in [0.25, 0.3) is 22.2 Å². The highest BCUT2D eigenvalue weighted by atomic mass is 79.9. The summed E-state index contributed by atoms with van der Waals surface area (Å²) in [5, 5.41) is 2.36. The van der Waals surface area contributed by atoms with Gasteiger partial charge >= 0.3 is 0 Å². The summed E-state index contributed by atoms with van der Waals surface area (Å²) in [7, 11) is 0. The first kappa shape index (κ1) is 16.8. The van der Waals surface area contributed by atoms with E-state index < -0.39 is 0 Å². The number of hydrogen-bond acceptors (Lipinski definition) is 1. The van der Waals surface area contributed by atoms with Gasteiger partial charge in [-0.3, -0.25) is 0 Å². The third-order valence-corrected chi connectivity index (χ3v) is 5.28. The number of unbranched alkanes of at least 4 members (excludes halogenated alkanes) is 1. The number of rotatable bonds is 5. The number of nitrogens with two attached hydrogens (primary N) is 1. The fourth-order valence-electron chi connectivity index (χ4n) is 2.85. The summed E-state index contributed by atoms with van der Waals surface area (Å²) < 4.78 is 1.06. The maximum atomic E-state index is 6.44. The minimum atomic E-state index is 0.567. The molecule has 0 saturated heterocycles. The standard InChI is InChI=1S/C18H17BrCl2N2/c19-11-7-8-16-14(10-11)12(4-1-2-9-22)18(23-16)13-5-3-6-15(20)17(13)21/h3,5-8,10,23H,1-2,4,9,22H2. The highest BCUT2D eigenvalue weighted by Gasteiger charge is 2.16. The highest BCUT2D eigenvalue weighted by Crippen LogP contribution is 2.38. The molecule has 0 bridgehead atoms. The van der Waals surface area contributed by atoms with Crippen molar-refractivity contribution in [1.29, 1.82) is 0 Å². The quantitative estimate of drug-likeness (QED) is 0.483. The monoisotopic (exact) mass is 410 g/mol. The van der Waals surface area contributed by atoms with E-state index >= 15 is 0 Å². The largest absolute Gasteiger partial charge is 0.354 e. The van der Waals surface area contributed by atoms with Crippen molar-refractivity contribution in [2.24, 2.45) is 5.73 Å². The number of hydrogen-bond donors (Lipinski definition) is 2. The van der Waals surface area contributed by atoms with Crippen molar-refractivity contribution in [2.75, 3.05) is 6.54 Å². The number of H-pyrrole nitrogens is 1. The summed E-state index contributed by atoms with van der Waals surface area (Å²) in [4.78, 5) is 3.51. The molecular weight excluding hydrogens is 395 g/mol. The van der Waals surface area contributed by atoms with Gasteiger partial charge in [-0.25, -0.2) is 0 Å². The fourth-order valence-corrected chi connectivity index (χ4v) is 3.61. The van der Waals surface area contributed by atoms with Gasteiger partial charge in [0.25, 0.3) is 0 Å². The number of nitrogens with one attached hydrogen (secondary N) is 1. The van der Waals surface area contributed by atoms with Gasteiger partial charge in [0.1, 0.15) is 0 Å². The molecule has 0 radical (unpaired) electrons. The zero-order chi connectivity index (χ0) is 16.4. The highest BCUT2D eigenvalue weighted by molar-refractivity contribution is 9.10. The molecule has 0 aliphatic carbocycles. The smallest absolute Gasteiger partial charge is 0.0685 e. The number of aromatic nitrogens is 1. The SMILES string of the molecule is NCCCCc1c(-c2cccc(Cl)c2Cl)[nH]c2ccc(Br)cc12. The Morgan fingerprint density at radius 1 is 1.09 bits per heavy atom. The van der Waals surface area contributed by atoms with Crippen LogP contribution in [0.4, 0.5) is 0 Å². The predicted molar refractivity (Wildman–Crippen MR) is 103 cm³/mol. The molecule has 0 fully saturated rings. The van der Waals surface area contributed by atoms with Crippen molar-refractivity contribution in [3.8, 4) is 11.3 Å². The Labute approximate surface area is 154 Å². The predicted octanol–water partition coefficient (Wildman–Crippen LogP) is 6.19. The van der Waals surface area contributed by atoms with Gasteiger partial charge in [0.15, 0.2) is 0 Å². The average molecular weight is 412 g/mol. The first-order valence-electron chi connectivity index (χ1n) is 7.56. The van der Waals surface area contributed by atoms with Gasteiger partial charge in [-0.15, -0.1) is 0 Å². The van der Waals surface area contributed by atoms with Crippen LogP contribution in [0.1, 0.15) is 18.4 Å². The van der Waals surface area contributed by atoms with Crippen LogP contribution in [0.15, 0.2) is 40.9 Å². The molecule has 0 amide bonds. The van der Waals surface area contributed by atoms with Gasteiger partial charge in [-0.2, -0.15) is 0 Å². The molecule has 3 N–H and O–H groups in total. The Morgan fingerprint density at radius 3 is 2.70 bits per heavy atom. The summed E-state index contributed by atoms with van der Waals surface area (Å²) in [6.45, 7) is 0.708. The number of benzene rings is 2. The molecule has 3 aromatic rings. The van der Waals surface area contributed by atoms with E-state index in [-0.39, 0.29) is 0 Å². The summed E-state index contributed by atoms with van der Waals surface area (Å²) >= 11 is 16.2. The van der Waals surface area contributed by atoms with Crippen LogP contribution in [-0.4, -0.2) is 11.5 Å². The first-order valence-corrected chi connectivity index (χ1v) is 9.11. The third kappa shape index (κ3) is 3.43. The first-order chi connectivity index (χ1) is 11.1. The fraction of sp³-hybridized carbons (Fsp3) is 0.222. The molecule has 0 saturated carbocycles. The van der Waals surface area contributed by atoms with Crippen LogP contribution in [0.3, 0.4) is 0 Å². The topological polar surface area (TPSA) is 41.8 Å². The molecule has 0 spiro atoms. The van der Waals surface area contributed by atoms with E-state index in [4.69, 9.17) is 28.9 Å². The van der Waals surface area contributed by atoms with Crippen LogP contribution in [0.5, 0.6) is 0 Å². The molecule has 5 heteroatoms. The van der Waals surface area contributed by atoms with Crippen molar-refractivity contribution >= 4 is 50.0 Å². The molecule has 120 valence electrons. The lowest BCUT2D eigenvalue weighted by molar-refractivity contribution is 0.748. The van der Waals surface area contributed by atoms with Gasteiger partial charge in [-0.05, 0) is 55.6 Å². The molecule has 2 aromatic carbocycles. The minimum absolute atomic E-state index is 0.567. The van der Waals surface area contributed by atoms with Crippen molar-refractivity contribution in [1.82, 2.24) is 4.98 Å². The third-order valence-electron chi connectivity index (χ3n) is 3.97. The van der Waals surface area contributed by atoms with Crippen molar-refractivity contribution in [3.05, 3.63) is 56.5 Å². The van der Waals surface area contributed by atoms with Crippen molar-refractivity contribution in [2.45, 2.75) is 19.3 Å². The Kier molecular flexibility index (Phi) is 5.32. The number of aryl methyl sites for hydroxylation is 1. The summed E-state index contributed by atoms with van der Waals surface area (Å²) in [5.41, 5.74) is 9.99. The van der Waals surface area contributed by atoms with Crippen molar-refractivity contribution in [3.63, 3.8) is 0 Å². The second kappa shape index (κ2) is 7.27. The van der Waals surface area contributed by atoms with Crippen LogP contribution in [-0.2, 0) is 6.42 Å². The van der Waals surface area contributed by atoms with Gasteiger partial charge < -0.3 is 10.7 Å². The van der Waals surface area contributed by atoms with Crippen molar-refractivity contribution < 1.29 is 0 Å². The van der Waals surface area contributed by atoms with Gasteiger partial charge in [0.2, 0.25) is 0 Å². The molecule has 23 heavy (non-hydrogen) atoms. The molecule has 0 unspecified atom stereocenters. The maximum absolute atomic E-state index is 6.44. The van der Waals surface area contributed by atoms with Gasteiger partial charge in [0, 0.05) is 20.9 Å². The molecule has 1 heterocycles. The van der Waals surface area contributed by atoms with Crippen LogP contribution >= 0.6 is 39.1 Å². The Balaban J connectivity index is 2.18. The van der Waals surface area contributed by atoms with E-state index in [2.05, 4.69) is 33.0 Å². The van der Waals surface area contributed by atoms with Crippen LogP contribution < -0.4 is 5.73 Å². The minimum Gasteiger partial charge on any atom is -0.354 e. The Morgan fingerprint density at radius 2 is 1.91 bits per heavy atom. The van der Waals surface area contributed by atoms with Crippen LogP contribution in [0, 0.1) is 0 Å². The molecule has 0 atom stereocenters. The second-order valence-corrected chi connectivity index (χ2v) is 7.22. The second-order valence-electron chi connectivity index (χ2n) is 5.52. The number of halogens is 3. The van der Waals surface area contributed by atoms with E-state index in [0.717, 1.165) is 40.5 Å².